The molecule has 0 bridgehead atoms. The molecule has 208 valence electrons. The summed E-state index contributed by atoms with van der Waals surface area (Å²) in [5.41, 5.74) is 2.62. The number of rotatable bonds is 12. The van der Waals surface area contributed by atoms with Gasteiger partial charge in [0.25, 0.3) is 0 Å². The Morgan fingerprint density at radius 2 is 1.64 bits per heavy atom. The number of anilines is 1. The molecule has 0 saturated heterocycles. The molecule has 10 heteroatoms. The molecular weight excluding hydrogens is 541 g/mol. The average Bonchev–Trinajstić information content (AvgIpc) is 2.91. The van der Waals surface area contributed by atoms with E-state index in [4.69, 9.17) is 11.6 Å². The van der Waals surface area contributed by atoms with Crippen LogP contribution in [0.15, 0.2) is 72.8 Å². The first kappa shape index (κ1) is 30.1. The molecule has 3 aromatic carbocycles. The lowest BCUT2D eigenvalue weighted by Crippen LogP contribution is -2.49. The van der Waals surface area contributed by atoms with Crippen molar-refractivity contribution in [2.75, 3.05) is 24.2 Å². The number of sulfonamides is 1. The van der Waals surface area contributed by atoms with Crippen molar-refractivity contribution in [2.24, 2.45) is 0 Å². The fourth-order valence-corrected chi connectivity index (χ4v) is 5.54. The van der Waals surface area contributed by atoms with Crippen molar-refractivity contribution in [3.63, 3.8) is 0 Å². The van der Waals surface area contributed by atoms with Crippen LogP contribution in [0.1, 0.15) is 29.5 Å². The van der Waals surface area contributed by atoms with Crippen LogP contribution in [0.25, 0.3) is 0 Å². The largest absolute Gasteiger partial charge is 0.357 e. The number of likely N-dealkylation sites (N-methyl/N-ethyl adjacent to an activating group) is 1. The highest BCUT2D eigenvalue weighted by Gasteiger charge is 2.30. The van der Waals surface area contributed by atoms with Crippen molar-refractivity contribution in [1.29, 1.82) is 0 Å². The highest BCUT2D eigenvalue weighted by atomic mass is 35.5. The third kappa shape index (κ3) is 8.28. The molecule has 3 aromatic rings. The van der Waals surface area contributed by atoms with Crippen LogP contribution in [-0.4, -0.2) is 51.0 Å². The molecule has 1 atom stereocenters. The topological polar surface area (TPSA) is 86.8 Å². The molecule has 0 saturated carbocycles. The van der Waals surface area contributed by atoms with Gasteiger partial charge >= 0.3 is 0 Å². The van der Waals surface area contributed by atoms with Crippen LogP contribution in [0.4, 0.5) is 10.1 Å². The standard InChI is InChI=1S/C29H33ClFN3O4S/c1-21-25(30)11-7-12-26(21)34(39(3,37)38)18-8-13-28(35)33(20-23-14-16-24(31)17-15-23)27(29(36)32-2)19-22-9-5-4-6-10-22/h4-7,9-12,14-17,27H,8,13,18-20H2,1-3H3,(H,32,36)/t27-/m0/s1. The summed E-state index contributed by atoms with van der Waals surface area (Å²) < 4.78 is 40.0. The Kier molecular flexibility index (Phi) is 10.5. The maximum Gasteiger partial charge on any atom is 0.242 e. The minimum Gasteiger partial charge on any atom is -0.357 e. The van der Waals surface area contributed by atoms with Crippen LogP contribution < -0.4 is 9.62 Å². The Labute approximate surface area is 234 Å². The number of nitrogens with one attached hydrogen (secondary N) is 1. The van der Waals surface area contributed by atoms with E-state index in [9.17, 15) is 22.4 Å². The van der Waals surface area contributed by atoms with Gasteiger partial charge in [0.15, 0.2) is 0 Å². The highest BCUT2D eigenvalue weighted by Crippen LogP contribution is 2.28. The van der Waals surface area contributed by atoms with Crippen LogP contribution in [0.2, 0.25) is 5.02 Å². The maximum absolute atomic E-state index is 13.6. The van der Waals surface area contributed by atoms with Gasteiger partial charge in [-0.2, -0.15) is 0 Å². The normalized spacial score (nSPS) is 12.0. The van der Waals surface area contributed by atoms with E-state index in [0.717, 1.165) is 11.8 Å². The van der Waals surface area contributed by atoms with Gasteiger partial charge in [0.2, 0.25) is 21.8 Å². The molecular formula is C29H33ClFN3O4S. The first-order valence-corrected chi connectivity index (χ1v) is 14.8. The summed E-state index contributed by atoms with van der Waals surface area (Å²) in [5.74, 6) is -1.05. The molecule has 0 spiro atoms. The fourth-order valence-electron chi connectivity index (χ4n) is 4.36. The first-order valence-electron chi connectivity index (χ1n) is 12.5. The minimum absolute atomic E-state index is 0.00485. The van der Waals surface area contributed by atoms with Crippen LogP contribution >= 0.6 is 11.6 Å². The van der Waals surface area contributed by atoms with E-state index >= 15 is 0 Å². The Balaban J connectivity index is 1.86. The summed E-state index contributed by atoms with van der Waals surface area (Å²) in [6.45, 7) is 1.88. The molecule has 0 radical (unpaired) electrons. The second-order valence-electron chi connectivity index (χ2n) is 9.29. The molecule has 0 aliphatic rings. The predicted molar refractivity (Wildman–Crippen MR) is 153 cm³/mol. The number of hydrogen-bond acceptors (Lipinski definition) is 4. The molecule has 2 amide bonds. The summed E-state index contributed by atoms with van der Waals surface area (Å²) in [6, 6.07) is 19.3. The number of nitrogens with zero attached hydrogens (tertiary/aromatic N) is 2. The molecule has 1 N–H and O–H groups in total. The van der Waals surface area contributed by atoms with Gasteiger partial charge in [0, 0.05) is 38.0 Å². The van der Waals surface area contributed by atoms with Crippen LogP contribution in [0.5, 0.6) is 0 Å². The lowest BCUT2D eigenvalue weighted by molar-refractivity contribution is -0.141. The van der Waals surface area contributed by atoms with E-state index in [-0.39, 0.29) is 44.2 Å². The summed E-state index contributed by atoms with van der Waals surface area (Å²) in [6.07, 6.45) is 1.60. The third-order valence-electron chi connectivity index (χ3n) is 6.44. The summed E-state index contributed by atoms with van der Waals surface area (Å²) in [5, 5.41) is 3.09. The average molecular weight is 574 g/mol. The van der Waals surface area contributed by atoms with Crippen LogP contribution in [0, 0.1) is 12.7 Å². The van der Waals surface area contributed by atoms with Crippen molar-refractivity contribution < 1.29 is 22.4 Å². The van der Waals surface area contributed by atoms with Gasteiger partial charge in [-0.05, 0) is 54.3 Å². The van der Waals surface area contributed by atoms with E-state index in [0.29, 0.717) is 21.8 Å². The SMILES string of the molecule is CNC(=O)[C@H](Cc1ccccc1)N(Cc1ccc(F)cc1)C(=O)CCCN(c1cccc(Cl)c1C)S(C)(=O)=O. The van der Waals surface area contributed by atoms with Gasteiger partial charge < -0.3 is 10.2 Å². The zero-order valence-corrected chi connectivity index (χ0v) is 23.8. The fraction of sp³-hybridized carbons (Fsp3) is 0.310. The second kappa shape index (κ2) is 13.6. The quantitative estimate of drug-likeness (QED) is 0.340. The number of benzene rings is 3. The van der Waals surface area contributed by atoms with E-state index < -0.39 is 21.9 Å². The van der Waals surface area contributed by atoms with Crippen molar-refractivity contribution >= 4 is 39.1 Å². The zero-order chi connectivity index (χ0) is 28.6. The van der Waals surface area contributed by atoms with Gasteiger partial charge in [0.1, 0.15) is 11.9 Å². The highest BCUT2D eigenvalue weighted by molar-refractivity contribution is 7.92. The number of halogens is 2. The van der Waals surface area contributed by atoms with E-state index in [2.05, 4.69) is 5.32 Å². The Morgan fingerprint density at radius 1 is 0.974 bits per heavy atom. The Morgan fingerprint density at radius 3 is 2.26 bits per heavy atom. The van der Waals surface area contributed by atoms with Crippen molar-refractivity contribution in [2.45, 2.75) is 38.8 Å². The summed E-state index contributed by atoms with van der Waals surface area (Å²) >= 11 is 6.22. The summed E-state index contributed by atoms with van der Waals surface area (Å²) in [7, 11) is -2.14. The zero-order valence-electron chi connectivity index (χ0n) is 22.2. The maximum atomic E-state index is 13.6. The number of carbonyl (C=O) groups excluding carboxylic acids is 2. The summed E-state index contributed by atoms with van der Waals surface area (Å²) in [4.78, 5) is 28.1. The number of amides is 2. The molecule has 7 nitrogen and oxygen atoms in total. The van der Waals surface area contributed by atoms with Gasteiger partial charge in [0.05, 0.1) is 11.9 Å². The lowest BCUT2D eigenvalue weighted by Gasteiger charge is -2.31. The van der Waals surface area contributed by atoms with E-state index in [1.807, 2.05) is 30.3 Å². The van der Waals surface area contributed by atoms with E-state index in [1.54, 1.807) is 37.3 Å². The van der Waals surface area contributed by atoms with Crippen molar-refractivity contribution in [3.8, 4) is 0 Å². The lowest BCUT2D eigenvalue weighted by atomic mass is 10.0. The molecule has 3 rings (SSSR count). The Hall–Kier alpha value is -3.43. The molecule has 0 fully saturated rings. The second-order valence-corrected chi connectivity index (χ2v) is 11.6. The molecule has 0 heterocycles. The number of carbonyl (C=O) groups is 2. The smallest absolute Gasteiger partial charge is 0.242 e. The molecule has 0 unspecified atom stereocenters. The first-order chi connectivity index (χ1) is 18.5. The molecule has 0 aliphatic heterocycles. The molecule has 0 aliphatic carbocycles. The predicted octanol–water partition coefficient (Wildman–Crippen LogP) is 4.72. The Bertz CT molecular complexity index is 1390. The number of hydrogen-bond donors (Lipinski definition) is 1. The van der Waals surface area contributed by atoms with Crippen molar-refractivity contribution in [1.82, 2.24) is 10.2 Å². The molecule has 39 heavy (non-hydrogen) atoms. The van der Waals surface area contributed by atoms with Gasteiger partial charge in [-0.15, -0.1) is 0 Å². The van der Waals surface area contributed by atoms with Gasteiger partial charge in [-0.1, -0.05) is 60.1 Å². The van der Waals surface area contributed by atoms with Gasteiger partial charge in [-0.3, -0.25) is 13.9 Å². The minimum atomic E-state index is -3.65. The van der Waals surface area contributed by atoms with Gasteiger partial charge in [-0.25, -0.2) is 12.8 Å². The molecule has 0 aromatic heterocycles. The van der Waals surface area contributed by atoms with Crippen LogP contribution in [-0.2, 0) is 32.6 Å². The van der Waals surface area contributed by atoms with Crippen molar-refractivity contribution in [3.05, 3.63) is 100 Å². The third-order valence-corrected chi connectivity index (χ3v) is 8.03. The van der Waals surface area contributed by atoms with E-state index in [1.165, 1.54) is 28.4 Å². The van der Waals surface area contributed by atoms with Crippen LogP contribution in [0.3, 0.4) is 0 Å². The monoisotopic (exact) mass is 573 g/mol.